The quantitative estimate of drug-likeness (QED) is 0.887. The van der Waals surface area contributed by atoms with Gasteiger partial charge >= 0.3 is 0 Å². The Labute approximate surface area is 98.8 Å². The number of pyridine rings is 1. The first-order valence-corrected chi connectivity index (χ1v) is 6.04. The molecule has 0 saturated carbocycles. The zero-order chi connectivity index (χ0) is 11.5. The van der Waals surface area contributed by atoms with Crippen molar-refractivity contribution in [2.45, 2.75) is 26.4 Å². The summed E-state index contributed by atoms with van der Waals surface area (Å²) in [4.78, 5) is 9.39. The molecule has 0 amide bonds. The summed E-state index contributed by atoms with van der Waals surface area (Å²) in [5.74, 6) is 0. The minimum absolute atomic E-state index is 0.471. The van der Waals surface area contributed by atoms with Crippen LogP contribution in [-0.2, 0) is 6.42 Å². The maximum atomic E-state index is 10.1. The molecule has 2 heterocycles. The monoisotopic (exact) mass is 234 g/mol. The zero-order valence-electron chi connectivity index (χ0n) is 9.34. The average molecular weight is 234 g/mol. The highest BCUT2D eigenvalue weighted by Gasteiger charge is 2.10. The summed E-state index contributed by atoms with van der Waals surface area (Å²) < 4.78 is 0. The minimum atomic E-state index is -0.471. The Morgan fingerprint density at radius 2 is 2.00 bits per heavy atom. The molecular weight excluding hydrogens is 220 g/mol. The summed E-state index contributed by atoms with van der Waals surface area (Å²) in [6, 6.07) is 3.86. The lowest BCUT2D eigenvalue weighted by Gasteiger charge is -2.11. The van der Waals surface area contributed by atoms with E-state index in [2.05, 4.69) is 9.97 Å². The van der Waals surface area contributed by atoms with Gasteiger partial charge in [0.05, 0.1) is 11.6 Å². The number of aromatic nitrogens is 2. The lowest BCUT2D eigenvalue weighted by Crippen LogP contribution is -2.02. The molecule has 0 saturated heterocycles. The van der Waals surface area contributed by atoms with Crippen molar-refractivity contribution in [2.24, 2.45) is 0 Å². The van der Waals surface area contributed by atoms with Gasteiger partial charge in [-0.1, -0.05) is 0 Å². The van der Waals surface area contributed by atoms with Gasteiger partial charge in [0, 0.05) is 28.9 Å². The second-order valence-corrected chi connectivity index (χ2v) is 4.84. The lowest BCUT2D eigenvalue weighted by molar-refractivity contribution is 0.179. The highest BCUT2D eigenvalue weighted by atomic mass is 32.1. The molecule has 2 rings (SSSR count). The Morgan fingerprint density at radius 3 is 2.56 bits per heavy atom. The molecule has 1 N–H and O–H groups in total. The molecule has 84 valence electrons. The van der Waals surface area contributed by atoms with Crippen LogP contribution in [0.25, 0.3) is 0 Å². The summed E-state index contributed by atoms with van der Waals surface area (Å²) in [5, 5.41) is 10.1. The first-order chi connectivity index (χ1) is 7.65. The van der Waals surface area contributed by atoms with E-state index in [1.54, 1.807) is 23.0 Å². The predicted octanol–water partition coefficient (Wildman–Crippen LogP) is 2.43. The molecule has 0 aliphatic rings. The van der Waals surface area contributed by atoms with Crippen LogP contribution >= 0.6 is 11.3 Å². The van der Waals surface area contributed by atoms with Crippen molar-refractivity contribution < 1.29 is 5.11 Å². The molecule has 3 nitrogen and oxygen atoms in total. The average Bonchev–Trinajstić information content (AvgIpc) is 2.68. The van der Waals surface area contributed by atoms with Crippen LogP contribution in [0.3, 0.4) is 0 Å². The molecule has 16 heavy (non-hydrogen) atoms. The minimum Gasteiger partial charge on any atom is -0.388 e. The van der Waals surface area contributed by atoms with E-state index in [0.717, 1.165) is 21.8 Å². The topological polar surface area (TPSA) is 46.0 Å². The smallest absolute Gasteiger partial charge is 0.0840 e. The zero-order valence-corrected chi connectivity index (χ0v) is 10.2. The Kier molecular flexibility index (Phi) is 3.31. The number of aliphatic hydroxyl groups excluding tert-OH is 1. The van der Waals surface area contributed by atoms with E-state index in [1.165, 1.54) is 0 Å². The Hall–Kier alpha value is -1.26. The van der Waals surface area contributed by atoms with E-state index in [9.17, 15) is 5.11 Å². The number of aliphatic hydroxyl groups is 1. The van der Waals surface area contributed by atoms with Crippen molar-refractivity contribution in [1.29, 1.82) is 0 Å². The molecule has 1 atom stereocenters. The number of hydrogen-bond acceptors (Lipinski definition) is 4. The van der Waals surface area contributed by atoms with Gasteiger partial charge < -0.3 is 5.11 Å². The van der Waals surface area contributed by atoms with Gasteiger partial charge in [-0.3, -0.25) is 9.97 Å². The van der Waals surface area contributed by atoms with Crippen molar-refractivity contribution >= 4 is 11.3 Å². The summed E-state index contributed by atoms with van der Waals surface area (Å²) in [5.41, 5.74) is 4.60. The molecule has 2 aromatic rings. The molecule has 0 bridgehead atoms. The van der Waals surface area contributed by atoms with Crippen molar-refractivity contribution in [2.75, 3.05) is 0 Å². The van der Waals surface area contributed by atoms with Gasteiger partial charge in [0.15, 0.2) is 0 Å². The first kappa shape index (κ1) is 11.2. The highest BCUT2D eigenvalue weighted by Crippen LogP contribution is 2.21. The summed E-state index contributed by atoms with van der Waals surface area (Å²) >= 11 is 1.57. The van der Waals surface area contributed by atoms with E-state index in [1.807, 2.05) is 26.0 Å². The first-order valence-electron chi connectivity index (χ1n) is 5.16. The van der Waals surface area contributed by atoms with E-state index in [-0.39, 0.29) is 0 Å². The molecule has 1 unspecified atom stereocenters. The second kappa shape index (κ2) is 4.72. The molecule has 4 heteroatoms. The number of thiazole rings is 1. The molecule has 2 aromatic heterocycles. The second-order valence-electron chi connectivity index (χ2n) is 3.87. The maximum Gasteiger partial charge on any atom is 0.0840 e. The number of nitrogens with zero attached hydrogens (tertiary/aromatic N) is 2. The van der Waals surface area contributed by atoms with Crippen molar-refractivity contribution in [1.82, 2.24) is 9.97 Å². The van der Waals surface area contributed by atoms with Crippen molar-refractivity contribution in [3.63, 3.8) is 0 Å². The highest BCUT2D eigenvalue weighted by molar-refractivity contribution is 7.09. The van der Waals surface area contributed by atoms with Gasteiger partial charge in [-0.05, 0) is 31.5 Å². The van der Waals surface area contributed by atoms with E-state index >= 15 is 0 Å². The molecule has 0 fully saturated rings. The van der Waals surface area contributed by atoms with Crippen molar-refractivity contribution in [3.8, 4) is 0 Å². The molecule has 0 aliphatic heterocycles. The summed E-state index contributed by atoms with van der Waals surface area (Å²) in [6.45, 7) is 3.88. The fraction of sp³-hybridized carbons (Fsp3) is 0.333. The maximum absolute atomic E-state index is 10.1. The van der Waals surface area contributed by atoms with Crippen LogP contribution in [0, 0.1) is 13.8 Å². The standard InChI is InChI=1S/C12H14N2OS/c1-8-3-10(4-9(2)14-8)12(15)5-11-6-13-7-16-11/h3-4,6-7,12,15H,5H2,1-2H3. The molecule has 0 aromatic carbocycles. The van der Waals surface area contributed by atoms with Crippen LogP contribution in [-0.4, -0.2) is 15.1 Å². The van der Waals surface area contributed by atoms with Crippen LogP contribution in [0.5, 0.6) is 0 Å². The largest absolute Gasteiger partial charge is 0.388 e. The van der Waals surface area contributed by atoms with Gasteiger partial charge in [0.2, 0.25) is 0 Å². The fourth-order valence-electron chi connectivity index (χ4n) is 1.71. The van der Waals surface area contributed by atoms with Crippen LogP contribution in [0.4, 0.5) is 0 Å². The van der Waals surface area contributed by atoms with Crippen LogP contribution in [0.1, 0.15) is 27.9 Å². The number of rotatable bonds is 3. The Morgan fingerprint density at radius 1 is 1.31 bits per heavy atom. The van der Waals surface area contributed by atoms with Crippen molar-refractivity contribution in [3.05, 3.63) is 45.7 Å². The fourth-order valence-corrected chi connectivity index (χ4v) is 2.34. The van der Waals surface area contributed by atoms with Gasteiger partial charge in [0.25, 0.3) is 0 Å². The van der Waals surface area contributed by atoms with Gasteiger partial charge in [-0.15, -0.1) is 11.3 Å². The number of aryl methyl sites for hydroxylation is 2. The van der Waals surface area contributed by atoms with E-state index in [4.69, 9.17) is 0 Å². The molecule has 0 radical (unpaired) electrons. The molecular formula is C12H14N2OS. The van der Waals surface area contributed by atoms with Crippen LogP contribution < -0.4 is 0 Å². The van der Waals surface area contributed by atoms with Crippen LogP contribution in [0.15, 0.2) is 23.8 Å². The Balaban J connectivity index is 2.17. The SMILES string of the molecule is Cc1cc(C(O)Cc2cncs2)cc(C)n1. The van der Waals surface area contributed by atoms with Gasteiger partial charge in [-0.2, -0.15) is 0 Å². The predicted molar refractivity (Wildman–Crippen MR) is 64.5 cm³/mol. The summed E-state index contributed by atoms with van der Waals surface area (Å²) in [6.07, 6.45) is 1.95. The summed E-state index contributed by atoms with van der Waals surface area (Å²) in [7, 11) is 0. The third-order valence-corrected chi connectivity index (χ3v) is 3.17. The van der Waals surface area contributed by atoms with Crippen LogP contribution in [0.2, 0.25) is 0 Å². The van der Waals surface area contributed by atoms with E-state index < -0.39 is 6.10 Å². The third kappa shape index (κ3) is 2.65. The van der Waals surface area contributed by atoms with Gasteiger partial charge in [0.1, 0.15) is 0 Å². The molecule has 0 spiro atoms. The number of hydrogen-bond donors (Lipinski definition) is 1. The van der Waals surface area contributed by atoms with E-state index in [0.29, 0.717) is 6.42 Å². The molecule has 0 aliphatic carbocycles. The lowest BCUT2D eigenvalue weighted by atomic mass is 10.1. The Bertz CT molecular complexity index is 448. The normalized spacial score (nSPS) is 12.7. The van der Waals surface area contributed by atoms with Gasteiger partial charge in [-0.25, -0.2) is 0 Å². The third-order valence-electron chi connectivity index (χ3n) is 2.37.